The maximum atomic E-state index is 4.45. The van der Waals surface area contributed by atoms with Gasteiger partial charge in [0.1, 0.15) is 0 Å². The number of aromatic nitrogens is 1. The van der Waals surface area contributed by atoms with Gasteiger partial charge in [-0.3, -0.25) is 0 Å². The topological polar surface area (TPSA) is 8.17 Å². The Labute approximate surface area is 280 Å². The molecule has 8 aromatic rings. The summed E-state index contributed by atoms with van der Waals surface area (Å²) in [4.78, 5) is 2.23. The Balaban J connectivity index is 1.21. The fraction of sp³-hybridized carbons (Fsp3) is 0. The third kappa shape index (κ3) is 4.58. The zero-order valence-electron chi connectivity index (χ0n) is 26.4. The van der Waals surface area contributed by atoms with Crippen molar-refractivity contribution in [2.24, 2.45) is 0 Å². The number of hydrogen-bond acceptors (Lipinski definition) is 1. The molecule has 2 heterocycles. The maximum Gasteiger partial charge on any atom is 0.0541 e. The fourth-order valence-corrected chi connectivity index (χ4v) is 7.24. The summed E-state index contributed by atoms with van der Waals surface area (Å²) in [5, 5.41) is 4.96. The lowest BCUT2D eigenvalue weighted by Gasteiger charge is -2.25. The van der Waals surface area contributed by atoms with E-state index in [4.69, 9.17) is 0 Å². The van der Waals surface area contributed by atoms with E-state index in [2.05, 4.69) is 198 Å². The van der Waals surface area contributed by atoms with Crippen molar-refractivity contribution in [1.82, 2.24) is 4.57 Å². The molecule has 0 spiro atoms. The summed E-state index contributed by atoms with van der Waals surface area (Å²) in [5.41, 5.74) is 12.7. The largest absolute Gasteiger partial charge is 0.317 e. The van der Waals surface area contributed by atoms with Crippen LogP contribution in [0.15, 0.2) is 189 Å². The van der Waals surface area contributed by atoms with Crippen LogP contribution < -0.4 is 4.90 Å². The van der Waals surface area contributed by atoms with E-state index in [1.54, 1.807) is 0 Å². The van der Waals surface area contributed by atoms with Crippen molar-refractivity contribution in [3.63, 3.8) is 0 Å². The van der Waals surface area contributed by atoms with E-state index in [0.717, 1.165) is 28.1 Å². The standard InChI is InChI=1S/C46H32N2/c1-32-14-10-11-29-47(36-17-6-3-7-18-36)43-27-25-34(30-41(32)43)35-26-28-46-42(31-35)40-19-8-9-23-44(40)48(46)45-24-13-21-38-37(20-12-22-39(38)45)33-15-4-2-5-16-33/h2-31H,1H2/b14-10-,29-11-. The van der Waals surface area contributed by atoms with Crippen molar-refractivity contribution in [3.8, 4) is 27.9 Å². The Kier molecular flexibility index (Phi) is 6.65. The molecule has 0 unspecified atom stereocenters. The molecule has 2 heteroatoms. The highest BCUT2D eigenvalue weighted by Gasteiger charge is 2.18. The van der Waals surface area contributed by atoms with E-state index in [1.807, 2.05) is 0 Å². The molecule has 0 amide bonds. The second kappa shape index (κ2) is 11.5. The lowest BCUT2D eigenvalue weighted by atomic mass is 9.95. The van der Waals surface area contributed by atoms with Crippen LogP contribution in [0.2, 0.25) is 0 Å². The van der Waals surface area contributed by atoms with Gasteiger partial charge in [-0.2, -0.15) is 0 Å². The first-order valence-corrected chi connectivity index (χ1v) is 16.4. The quantitative estimate of drug-likeness (QED) is 0.192. The fourth-order valence-electron chi connectivity index (χ4n) is 7.24. The summed E-state index contributed by atoms with van der Waals surface area (Å²) in [6.07, 6.45) is 8.33. The molecule has 0 radical (unpaired) electrons. The second-order valence-electron chi connectivity index (χ2n) is 12.3. The first-order valence-electron chi connectivity index (χ1n) is 16.4. The van der Waals surface area contributed by atoms with E-state index in [1.165, 1.54) is 55.0 Å². The molecule has 1 aliphatic heterocycles. The van der Waals surface area contributed by atoms with Crippen molar-refractivity contribution in [2.45, 2.75) is 0 Å². The molecule has 0 atom stereocenters. The number of rotatable bonds is 4. The lowest BCUT2D eigenvalue weighted by molar-refractivity contribution is 1.20. The number of anilines is 2. The molecule has 0 fully saturated rings. The van der Waals surface area contributed by atoms with Gasteiger partial charge in [0.25, 0.3) is 0 Å². The normalized spacial score (nSPS) is 14.2. The van der Waals surface area contributed by atoms with Gasteiger partial charge in [-0.05, 0) is 87.8 Å². The number of hydrogen-bond donors (Lipinski definition) is 0. The van der Waals surface area contributed by atoms with E-state index >= 15 is 0 Å². The van der Waals surface area contributed by atoms with Crippen LogP contribution in [0, 0.1) is 0 Å². The van der Waals surface area contributed by atoms with Crippen molar-refractivity contribution >= 4 is 49.5 Å². The first kappa shape index (κ1) is 27.9. The molecule has 0 aliphatic carbocycles. The Morgan fingerprint density at radius 3 is 1.98 bits per heavy atom. The molecule has 2 nitrogen and oxygen atoms in total. The molecule has 9 rings (SSSR count). The van der Waals surface area contributed by atoms with Gasteiger partial charge in [0, 0.05) is 33.6 Å². The number of para-hydroxylation sites is 2. The van der Waals surface area contributed by atoms with E-state index in [-0.39, 0.29) is 0 Å². The zero-order valence-corrected chi connectivity index (χ0v) is 26.4. The van der Waals surface area contributed by atoms with Gasteiger partial charge in [0.05, 0.1) is 22.4 Å². The molecule has 1 aromatic heterocycles. The van der Waals surface area contributed by atoms with Crippen LogP contribution in [-0.4, -0.2) is 4.57 Å². The minimum absolute atomic E-state index is 0.987. The molecule has 0 saturated carbocycles. The number of allylic oxidation sites excluding steroid dienone is 4. The van der Waals surface area contributed by atoms with Crippen LogP contribution in [0.3, 0.4) is 0 Å². The number of benzene rings is 7. The lowest BCUT2D eigenvalue weighted by Crippen LogP contribution is -2.11. The predicted octanol–water partition coefficient (Wildman–Crippen LogP) is 12.5. The van der Waals surface area contributed by atoms with Gasteiger partial charge < -0.3 is 9.47 Å². The zero-order chi connectivity index (χ0) is 32.0. The molecule has 48 heavy (non-hydrogen) atoms. The van der Waals surface area contributed by atoms with Gasteiger partial charge >= 0.3 is 0 Å². The van der Waals surface area contributed by atoms with Crippen LogP contribution >= 0.6 is 0 Å². The van der Waals surface area contributed by atoms with Crippen molar-refractivity contribution in [2.75, 3.05) is 4.90 Å². The Bertz CT molecular complexity index is 2570. The van der Waals surface area contributed by atoms with Crippen LogP contribution in [0.1, 0.15) is 5.56 Å². The molecule has 0 saturated heterocycles. The second-order valence-corrected chi connectivity index (χ2v) is 12.3. The minimum atomic E-state index is 0.987. The van der Waals surface area contributed by atoms with Crippen LogP contribution in [0.4, 0.5) is 11.4 Å². The van der Waals surface area contributed by atoms with E-state index in [9.17, 15) is 0 Å². The summed E-state index contributed by atoms with van der Waals surface area (Å²) >= 11 is 0. The van der Waals surface area contributed by atoms with Gasteiger partial charge in [-0.15, -0.1) is 0 Å². The average molecular weight is 613 g/mol. The highest BCUT2D eigenvalue weighted by atomic mass is 15.1. The smallest absolute Gasteiger partial charge is 0.0541 e. The monoisotopic (exact) mass is 612 g/mol. The average Bonchev–Trinajstić information content (AvgIpc) is 3.47. The van der Waals surface area contributed by atoms with Gasteiger partial charge in [0.2, 0.25) is 0 Å². The molecule has 0 bridgehead atoms. The Morgan fingerprint density at radius 1 is 0.417 bits per heavy atom. The molecular formula is C46H32N2. The molecule has 7 aromatic carbocycles. The summed E-state index contributed by atoms with van der Waals surface area (Å²) in [7, 11) is 0. The molecule has 1 aliphatic rings. The van der Waals surface area contributed by atoms with Gasteiger partial charge in [0.15, 0.2) is 0 Å². The number of fused-ring (bicyclic) bond motifs is 5. The van der Waals surface area contributed by atoms with Crippen LogP contribution in [-0.2, 0) is 0 Å². The minimum Gasteiger partial charge on any atom is -0.317 e. The van der Waals surface area contributed by atoms with Crippen molar-refractivity contribution in [1.29, 1.82) is 0 Å². The maximum absolute atomic E-state index is 4.45. The third-order valence-corrected chi connectivity index (χ3v) is 9.51. The van der Waals surface area contributed by atoms with Gasteiger partial charge in [-0.25, -0.2) is 0 Å². The molecule has 226 valence electrons. The van der Waals surface area contributed by atoms with Crippen LogP contribution in [0.25, 0.3) is 66.1 Å². The summed E-state index contributed by atoms with van der Waals surface area (Å²) in [6, 6.07) is 56.9. The molecule has 0 N–H and O–H groups in total. The summed E-state index contributed by atoms with van der Waals surface area (Å²) < 4.78 is 2.43. The highest BCUT2D eigenvalue weighted by Crippen LogP contribution is 2.41. The third-order valence-electron chi connectivity index (χ3n) is 9.51. The van der Waals surface area contributed by atoms with Crippen LogP contribution in [0.5, 0.6) is 0 Å². The van der Waals surface area contributed by atoms with Gasteiger partial charge in [-0.1, -0.05) is 128 Å². The Morgan fingerprint density at radius 2 is 1.10 bits per heavy atom. The molecular weight excluding hydrogens is 581 g/mol. The van der Waals surface area contributed by atoms with E-state index < -0.39 is 0 Å². The highest BCUT2D eigenvalue weighted by molar-refractivity contribution is 6.12. The summed E-state index contributed by atoms with van der Waals surface area (Å²) in [6.45, 7) is 4.45. The SMILES string of the molecule is C=C1/C=C\C=C/N(c2ccccc2)c2ccc(-c3ccc4c(c3)c3ccccc3n4-c3cccc4c(-c5ccccc5)cccc34)cc21. The predicted molar refractivity (Wildman–Crippen MR) is 205 cm³/mol. The summed E-state index contributed by atoms with van der Waals surface area (Å²) in [5.74, 6) is 0. The van der Waals surface area contributed by atoms with Crippen molar-refractivity contribution in [3.05, 3.63) is 194 Å². The van der Waals surface area contributed by atoms with E-state index in [0.29, 0.717) is 0 Å². The first-order chi connectivity index (χ1) is 23.7. The Hall–Kier alpha value is -6.38. The van der Waals surface area contributed by atoms with Crippen molar-refractivity contribution < 1.29 is 0 Å². The number of nitrogens with zero attached hydrogens (tertiary/aromatic N) is 2.